The van der Waals surface area contributed by atoms with E-state index < -0.39 is 4.92 Å². The van der Waals surface area contributed by atoms with Gasteiger partial charge in [-0.2, -0.15) is 0 Å². The first-order valence-electron chi connectivity index (χ1n) is 6.50. The van der Waals surface area contributed by atoms with Crippen LogP contribution in [0.4, 0.5) is 5.69 Å². The van der Waals surface area contributed by atoms with Crippen LogP contribution in [0.5, 0.6) is 0 Å². The van der Waals surface area contributed by atoms with Crippen molar-refractivity contribution in [3.8, 4) is 0 Å². The lowest BCUT2D eigenvalue weighted by atomic mass is 9.91. The Morgan fingerprint density at radius 2 is 2.21 bits per heavy atom. The number of benzene rings is 1. The standard InChI is InChI=1S/C14H17NO3S/c1-10-3-2-4-13(7-10)19-14-6-5-12(15(17)18)8-11(14)9-16/h5-6,8-10,13H,2-4,7H2,1H3. The largest absolute Gasteiger partial charge is 0.298 e. The number of non-ortho nitro benzene ring substituents is 1. The molecule has 0 radical (unpaired) electrons. The lowest BCUT2D eigenvalue weighted by Crippen LogP contribution is -2.15. The number of nitrogens with zero attached hydrogens (tertiary/aromatic N) is 1. The average Bonchev–Trinajstić information content (AvgIpc) is 2.39. The summed E-state index contributed by atoms with van der Waals surface area (Å²) in [5.41, 5.74) is 0.404. The van der Waals surface area contributed by atoms with Crippen LogP contribution in [0.15, 0.2) is 23.1 Å². The fourth-order valence-electron chi connectivity index (χ4n) is 2.51. The third-order valence-corrected chi connectivity index (χ3v) is 4.90. The van der Waals surface area contributed by atoms with Crippen LogP contribution in [-0.4, -0.2) is 16.5 Å². The summed E-state index contributed by atoms with van der Waals surface area (Å²) in [6.45, 7) is 2.25. The molecule has 4 nitrogen and oxygen atoms in total. The quantitative estimate of drug-likeness (QED) is 0.473. The molecule has 1 aliphatic carbocycles. The summed E-state index contributed by atoms with van der Waals surface area (Å²) in [7, 11) is 0. The molecule has 0 bridgehead atoms. The molecule has 2 rings (SSSR count). The maximum Gasteiger partial charge on any atom is 0.270 e. The van der Waals surface area contributed by atoms with E-state index >= 15 is 0 Å². The molecule has 0 aliphatic heterocycles. The molecule has 2 atom stereocenters. The Hall–Kier alpha value is -1.36. The zero-order chi connectivity index (χ0) is 13.8. The van der Waals surface area contributed by atoms with Crippen LogP contribution in [0.1, 0.15) is 43.0 Å². The van der Waals surface area contributed by atoms with E-state index in [-0.39, 0.29) is 5.69 Å². The van der Waals surface area contributed by atoms with Gasteiger partial charge in [-0.25, -0.2) is 0 Å². The van der Waals surface area contributed by atoms with E-state index in [1.54, 1.807) is 17.8 Å². The van der Waals surface area contributed by atoms with Gasteiger partial charge in [-0.1, -0.05) is 19.8 Å². The van der Waals surface area contributed by atoms with E-state index in [9.17, 15) is 14.9 Å². The molecule has 19 heavy (non-hydrogen) atoms. The topological polar surface area (TPSA) is 60.2 Å². The van der Waals surface area contributed by atoms with Crippen molar-refractivity contribution >= 4 is 23.7 Å². The monoisotopic (exact) mass is 279 g/mol. The number of thioether (sulfide) groups is 1. The van der Waals surface area contributed by atoms with Gasteiger partial charge in [0, 0.05) is 27.8 Å². The Morgan fingerprint density at radius 3 is 2.84 bits per heavy atom. The third-order valence-electron chi connectivity index (χ3n) is 3.51. The lowest BCUT2D eigenvalue weighted by molar-refractivity contribution is -0.384. The first kappa shape index (κ1) is 14.1. The molecule has 1 aliphatic rings. The zero-order valence-corrected chi connectivity index (χ0v) is 11.7. The van der Waals surface area contributed by atoms with Crippen LogP contribution >= 0.6 is 11.8 Å². The van der Waals surface area contributed by atoms with Crippen LogP contribution in [0, 0.1) is 16.0 Å². The highest BCUT2D eigenvalue weighted by molar-refractivity contribution is 8.00. The minimum atomic E-state index is -0.468. The number of rotatable bonds is 4. The van der Waals surface area contributed by atoms with Crippen molar-refractivity contribution in [2.45, 2.75) is 42.8 Å². The molecule has 0 spiro atoms. The van der Waals surface area contributed by atoms with E-state index in [1.165, 1.54) is 25.0 Å². The van der Waals surface area contributed by atoms with Gasteiger partial charge in [-0.05, 0) is 24.8 Å². The van der Waals surface area contributed by atoms with Crippen LogP contribution in [0.2, 0.25) is 0 Å². The normalized spacial score (nSPS) is 23.0. The predicted molar refractivity (Wildman–Crippen MR) is 75.8 cm³/mol. The average molecular weight is 279 g/mol. The van der Waals surface area contributed by atoms with Gasteiger partial charge in [-0.3, -0.25) is 14.9 Å². The Balaban J connectivity index is 2.15. The number of hydrogen-bond donors (Lipinski definition) is 0. The fraction of sp³-hybridized carbons (Fsp3) is 0.500. The van der Waals surface area contributed by atoms with Crippen molar-refractivity contribution in [2.75, 3.05) is 0 Å². The number of aldehydes is 1. The minimum absolute atomic E-state index is 0.0246. The van der Waals surface area contributed by atoms with Crippen LogP contribution in [0.25, 0.3) is 0 Å². The Bertz CT molecular complexity index is 490. The molecule has 0 saturated heterocycles. The van der Waals surface area contributed by atoms with Gasteiger partial charge in [0.2, 0.25) is 0 Å². The van der Waals surface area contributed by atoms with Crippen molar-refractivity contribution in [1.82, 2.24) is 0 Å². The lowest BCUT2D eigenvalue weighted by Gasteiger charge is -2.26. The second-order valence-electron chi connectivity index (χ2n) is 5.11. The van der Waals surface area contributed by atoms with Crippen molar-refractivity contribution in [3.63, 3.8) is 0 Å². The highest BCUT2D eigenvalue weighted by atomic mass is 32.2. The van der Waals surface area contributed by atoms with Crippen molar-refractivity contribution in [2.24, 2.45) is 5.92 Å². The summed E-state index contributed by atoms with van der Waals surface area (Å²) in [5, 5.41) is 11.2. The molecule has 2 unspecified atom stereocenters. The molecule has 5 heteroatoms. The van der Waals surface area contributed by atoms with Crippen molar-refractivity contribution in [3.05, 3.63) is 33.9 Å². The van der Waals surface area contributed by atoms with E-state index in [0.29, 0.717) is 17.1 Å². The maximum atomic E-state index is 11.1. The summed E-state index contributed by atoms with van der Waals surface area (Å²) in [4.78, 5) is 22.2. The third kappa shape index (κ3) is 3.56. The SMILES string of the molecule is CC1CCCC(Sc2ccc([N+](=O)[O-])cc2C=O)C1. The molecule has 1 saturated carbocycles. The van der Waals surface area contributed by atoms with Gasteiger partial charge >= 0.3 is 0 Å². The first-order valence-corrected chi connectivity index (χ1v) is 7.38. The maximum absolute atomic E-state index is 11.1. The fourth-order valence-corrected chi connectivity index (χ4v) is 3.97. The molecule has 102 valence electrons. The van der Waals surface area contributed by atoms with Gasteiger partial charge in [0.1, 0.15) is 0 Å². The highest BCUT2D eigenvalue weighted by Crippen LogP contribution is 2.37. The molecule has 0 aromatic heterocycles. The number of hydrogen-bond acceptors (Lipinski definition) is 4. The summed E-state index contributed by atoms with van der Waals surface area (Å²) in [5.74, 6) is 0.726. The Morgan fingerprint density at radius 1 is 1.42 bits per heavy atom. The van der Waals surface area contributed by atoms with E-state index in [0.717, 1.165) is 23.7 Å². The summed E-state index contributed by atoms with van der Waals surface area (Å²) in [6, 6.07) is 4.54. The van der Waals surface area contributed by atoms with Crippen LogP contribution in [0.3, 0.4) is 0 Å². The molecule has 1 fully saturated rings. The molecule has 0 amide bonds. The molecule has 0 N–H and O–H groups in total. The van der Waals surface area contributed by atoms with Gasteiger partial charge in [0.25, 0.3) is 5.69 Å². The van der Waals surface area contributed by atoms with Crippen LogP contribution < -0.4 is 0 Å². The molecular weight excluding hydrogens is 262 g/mol. The van der Waals surface area contributed by atoms with Gasteiger partial charge in [-0.15, -0.1) is 11.8 Å². The highest BCUT2D eigenvalue weighted by Gasteiger charge is 2.21. The van der Waals surface area contributed by atoms with Gasteiger partial charge < -0.3 is 0 Å². The Kier molecular flexibility index (Phi) is 4.58. The molecule has 0 heterocycles. The number of nitro groups is 1. The number of nitro benzene ring substituents is 1. The Labute approximate surface area is 116 Å². The smallest absolute Gasteiger partial charge is 0.270 e. The second-order valence-corrected chi connectivity index (χ2v) is 6.45. The summed E-state index contributed by atoms with van der Waals surface area (Å²) in [6.07, 6.45) is 5.52. The predicted octanol–water partition coefficient (Wildman–Crippen LogP) is 4.08. The van der Waals surface area contributed by atoms with E-state index in [2.05, 4.69) is 6.92 Å². The minimum Gasteiger partial charge on any atom is -0.298 e. The summed E-state index contributed by atoms with van der Waals surface area (Å²) >= 11 is 1.69. The summed E-state index contributed by atoms with van der Waals surface area (Å²) < 4.78 is 0. The molecule has 1 aromatic carbocycles. The van der Waals surface area contributed by atoms with Crippen molar-refractivity contribution in [1.29, 1.82) is 0 Å². The molecule has 1 aromatic rings. The van der Waals surface area contributed by atoms with Crippen molar-refractivity contribution < 1.29 is 9.72 Å². The number of carbonyl (C=O) groups excluding carboxylic acids is 1. The molecular formula is C14H17NO3S. The second kappa shape index (κ2) is 6.19. The van der Waals surface area contributed by atoms with E-state index in [1.807, 2.05) is 0 Å². The van der Waals surface area contributed by atoms with Gasteiger partial charge in [0.05, 0.1) is 4.92 Å². The van der Waals surface area contributed by atoms with E-state index in [4.69, 9.17) is 0 Å². The zero-order valence-electron chi connectivity index (χ0n) is 10.9. The van der Waals surface area contributed by atoms with Gasteiger partial charge in [0.15, 0.2) is 6.29 Å². The number of carbonyl (C=O) groups is 1. The van der Waals surface area contributed by atoms with Crippen LogP contribution in [-0.2, 0) is 0 Å². The first-order chi connectivity index (χ1) is 9.10.